The Kier molecular flexibility index (Phi) is 11.2. The lowest BCUT2D eigenvalue weighted by Gasteiger charge is -2.24. The Morgan fingerprint density at radius 1 is 1.26 bits per heavy atom. The molecule has 1 aromatic rings. The highest BCUT2D eigenvalue weighted by atomic mass is 35.5. The van der Waals surface area contributed by atoms with Gasteiger partial charge in [-0.2, -0.15) is 0 Å². The molecule has 154 valence electrons. The van der Waals surface area contributed by atoms with Crippen LogP contribution >= 0.6 is 12.4 Å². The molecule has 0 aromatic heterocycles. The van der Waals surface area contributed by atoms with E-state index in [-0.39, 0.29) is 30.4 Å². The van der Waals surface area contributed by atoms with Gasteiger partial charge in [-0.05, 0) is 37.5 Å². The van der Waals surface area contributed by atoms with Gasteiger partial charge in [0, 0.05) is 19.0 Å². The number of benzene rings is 1. The molecule has 27 heavy (non-hydrogen) atoms. The highest BCUT2D eigenvalue weighted by Gasteiger charge is 2.19. The zero-order valence-corrected chi connectivity index (χ0v) is 17.4. The molecular formula is C20H33ClN2O4. The maximum absolute atomic E-state index is 12.3. The Labute approximate surface area is 168 Å². The third kappa shape index (κ3) is 7.95. The summed E-state index contributed by atoms with van der Waals surface area (Å²) >= 11 is 0. The second-order valence-electron chi connectivity index (χ2n) is 6.62. The van der Waals surface area contributed by atoms with E-state index in [1.807, 2.05) is 25.1 Å². The van der Waals surface area contributed by atoms with Crippen molar-refractivity contribution in [2.75, 3.05) is 33.0 Å². The van der Waals surface area contributed by atoms with Gasteiger partial charge in [-0.15, -0.1) is 12.4 Å². The molecular weight excluding hydrogens is 368 g/mol. The van der Waals surface area contributed by atoms with Gasteiger partial charge in [0.1, 0.15) is 0 Å². The minimum atomic E-state index is -0.101. The first kappa shape index (κ1) is 23.5. The number of carbonyl (C=O) groups excluding carboxylic acids is 1. The predicted octanol–water partition coefficient (Wildman–Crippen LogP) is 3.24. The third-order valence-electron chi connectivity index (χ3n) is 4.20. The number of ether oxygens (including phenoxy) is 3. The van der Waals surface area contributed by atoms with Gasteiger partial charge in [0.25, 0.3) is 0 Å². The molecule has 0 saturated carbocycles. The molecule has 1 amide bonds. The fraction of sp³-hybridized carbons (Fsp3) is 0.650. The molecule has 1 saturated heterocycles. The van der Waals surface area contributed by atoms with E-state index in [1.165, 1.54) is 0 Å². The van der Waals surface area contributed by atoms with Gasteiger partial charge >= 0.3 is 0 Å². The minimum Gasteiger partial charge on any atom is -0.490 e. The predicted molar refractivity (Wildman–Crippen MR) is 109 cm³/mol. The van der Waals surface area contributed by atoms with E-state index in [9.17, 15) is 4.79 Å². The van der Waals surface area contributed by atoms with E-state index in [2.05, 4.69) is 24.5 Å². The SMILES string of the molecule is CCCOc1ccc(C(C)NC(=O)CC2COCCN2)cc1OCCC.Cl. The van der Waals surface area contributed by atoms with Gasteiger partial charge in [0.05, 0.1) is 32.5 Å². The number of halogens is 1. The topological polar surface area (TPSA) is 68.8 Å². The average Bonchev–Trinajstić information content (AvgIpc) is 2.65. The molecule has 1 fully saturated rings. The first-order valence-corrected chi connectivity index (χ1v) is 9.64. The Bertz CT molecular complexity index is 565. The van der Waals surface area contributed by atoms with Gasteiger partial charge in [-0.3, -0.25) is 4.79 Å². The summed E-state index contributed by atoms with van der Waals surface area (Å²) in [7, 11) is 0. The van der Waals surface area contributed by atoms with Crippen LogP contribution in [-0.2, 0) is 9.53 Å². The third-order valence-corrected chi connectivity index (χ3v) is 4.20. The van der Waals surface area contributed by atoms with Crippen molar-refractivity contribution < 1.29 is 19.0 Å². The second-order valence-corrected chi connectivity index (χ2v) is 6.62. The lowest BCUT2D eigenvalue weighted by Crippen LogP contribution is -2.44. The number of hydrogen-bond donors (Lipinski definition) is 2. The quantitative estimate of drug-likeness (QED) is 0.631. The van der Waals surface area contributed by atoms with Crippen LogP contribution in [0.5, 0.6) is 11.5 Å². The van der Waals surface area contributed by atoms with Crippen LogP contribution in [0, 0.1) is 0 Å². The lowest BCUT2D eigenvalue weighted by atomic mass is 10.1. The highest BCUT2D eigenvalue weighted by Crippen LogP contribution is 2.31. The molecule has 0 spiro atoms. The van der Waals surface area contributed by atoms with E-state index in [1.54, 1.807) is 0 Å². The Morgan fingerprint density at radius 3 is 2.59 bits per heavy atom. The summed E-state index contributed by atoms with van der Waals surface area (Å²) in [5, 5.41) is 6.36. The fourth-order valence-electron chi connectivity index (χ4n) is 2.81. The van der Waals surface area contributed by atoms with E-state index in [0.29, 0.717) is 32.8 Å². The maximum Gasteiger partial charge on any atom is 0.222 e. The number of nitrogens with one attached hydrogen (secondary N) is 2. The van der Waals surface area contributed by atoms with Gasteiger partial charge < -0.3 is 24.8 Å². The summed E-state index contributed by atoms with van der Waals surface area (Å²) in [5.74, 6) is 1.51. The molecule has 6 nitrogen and oxygen atoms in total. The molecule has 7 heteroatoms. The molecule has 2 rings (SSSR count). The Balaban J connectivity index is 0.00000364. The summed E-state index contributed by atoms with van der Waals surface area (Å²) in [4.78, 5) is 12.3. The molecule has 1 aromatic carbocycles. The molecule has 1 aliphatic heterocycles. The summed E-state index contributed by atoms with van der Waals surface area (Å²) in [6, 6.07) is 5.86. The first-order chi connectivity index (χ1) is 12.6. The number of amides is 1. The summed E-state index contributed by atoms with van der Waals surface area (Å²) in [6.45, 7) is 9.51. The fourth-order valence-corrected chi connectivity index (χ4v) is 2.81. The Morgan fingerprint density at radius 2 is 1.96 bits per heavy atom. The van der Waals surface area contributed by atoms with Gasteiger partial charge in [-0.25, -0.2) is 0 Å². The molecule has 1 aliphatic rings. The first-order valence-electron chi connectivity index (χ1n) is 9.64. The summed E-state index contributed by atoms with van der Waals surface area (Å²) in [5.41, 5.74) is 1.00. The van der Waals surface area contributed by atoms with Crippen LogP contribution < -0.4 is 20.1 Å². The zero-order valence-electron chi connectivity index (χ0n) is 16.6. The van der Waals surface area contributed by atoms with Crippen molar-refractivity contribution in [3.8, 4) is 11.5 Å². The number of hydrogen-bond acceptors (Lipinski definition) is 5. The van der Waals surface area contributed by atoms with Crippen LogP contribution in [0.4, 0.5) is 0 Å². The largest absolute Gasteiger partial charge is 0.490 e. The average molecular weight is 401 g/mol. The smallest absolute Gasteiger partial charge is 0.222 e. The molecule has 2 unspecified atom stereocenters. The standard InChI is InChI=1S/C20H32N2O4.ClH/c1-4-9-25-18-7-6-16(12-19(18)26-10-5-2)15(3)22-20(23)13-17-14-24-11-8-21-17;/h6-7,12,15,17,21H,4-5,8-11,13-14H2,1-3H3,(H,22,23);1H. The van der Waals surface area contributed by atoms with Gasteiger partial charge in [-0.1, -0.05) is 19.9 Å². The molecule has 2 atom stereocenters. The number of rotatable bonds is 10. The molecule has 2 N–H and O–H groups in total. The normalized spacial score (nSPS) is 17.5. The van der Waals surface area contributed by atoms with Crippen LogP contribution in [-0.4, -0.2) is 44.9 Å². The van der Waals surface area contributed by atoms with Crippen LogP contribution in [0.15, 0.2) is 18.2 Å². The molecule has 0 bridgehead atoms. The van der Waals surface area contributed by atoms with Crippen molar-refractivity contribution in [2.24, 2.45) is 0 Å². The molecule has 0 aliphatic carbocycles. The number of carbonyl (C=O) groups is 1. The van der Waals surface area contributed by atoms with Crippen molar-refractivity contribution in [3.05, 3.63) is 23.8 Å². The zero-order chi connectivity index (χ0) is 18.8. The number of morpholine rings is 1. The summed E-state index contributed by atoms with van der Waals surface area (Å²) in [6.07, 6.45) is 2.29. The van der Waals surface area contributed by atoms with Crippen molar-refractivity contribution in [1.82, 2.24) is 10.6 Å². The van der Waals surface area contributed by atoms with Crippen molar-refractivity contribution in [3.63, 3.8) is 0 Å². The maximum atomic E-state index is 12.3. The van der Waals surface area contributed by atoms with Gasteiger partial charge in [0.2, 0.25) is 5.91 Å². The van der Waals surface area contributed by atoms with Crippen LogP contribution in [0.1, 0.15) is 51.6 Å². The van der Waals surface area contributed by atoms with Crippen LogP contribution in [0.2, 0.25) is 0 Å². The van der Waals surface area contributed by atoms with Crippen LogP contribution in [0.3, 0.4) is 0 Å². The highest BCUT2D eigenvalue weighted by molar-refractivity contribution is 5.85. The van der Waals surface area contributed by atoms with Crippen molar-refractivity contribution in [1.29, 1.82) is 0 Å². The van der Waals surface area contributed by atoms with E-state index in [0.717, 1.165) is 36.4 Å². The van der Waals surface area contributed by atoms with E-state index in [4.69, 9.17) is 14.2 Å². The van der Waals surface area contributed by atoms with E-state index >= 15 is 0 Å². The van der Waals surface area contributed by atoms with E-state index < -0.39 is 0 Å². The minimum absolute atomic E-state index is 0. The molecule has 1 heterocycles. The van der Waals surface area contributed by atoms with Gasteiger partial charge in [0.15, 0.2) is 11.5 Å². The monoisotopic (exact) mass is 400 g/mol. The molecule has 0 radical (unpaired) electrons. The lowest BCUT2D eigenvalue weighted by molar-refractivity contribution is -0.122. The van der Waals surface area contributed by atoms with Crippen molar-refractivity contribution >= 4 is 18.3 Å². The van der Waals surface area contributed by atoms with Crippen LogP contribution in [0.25, 0.3) is 0 Å². The summed E-state index contributed by atoms with van der Waals surface area (Å²) < 4.78 is 17.0. The second kappa shape index (κ2) is 12.8. The Hall–Kier alpha value is -1.50. The van der Waals surface area contributed by atoms with Crippen molar-refractivity contribution in [2.45, 2.75) is 52.1 Å².